The first-order valence-corrected chi connectivity index (χ1v) is 7.08. The van der Waals surface area contributed by atoms with E-state index in [1.165, 1.54) is 10.9 Å². The summed E-state index contributed by atoms with van der Waals surface area (Å²) < 4.78 is 8.12. The van der Waals surface area contributed by atoms with E-state index in [2.05, 4.69) is 35.8 Å². The SMILES string of the molecule is CCOc1c(CO)ccc2c1c1ccccc1n2CC. The number of aryl methyl sites for hydroxylation is 1. The van der Waals surface area contributed by atoms with E-state index < -0.39 is 0 Å². The molecule has 0 atom stereocenters. The van der Waals surface area contributed by atoms with Gasteiger partial charge in [0.1, 0.15) is 5.75 Å². The molecule has 0 unspecified atom stereocenters. The molecule has 0 aliphatic rings. The summed E-state index contributed by atoms with van der Waals surface area (Å²) in [4.78, 5) is 0. The van der Waals surface area contributed by atoms with E-state index in [-0.39, 0.29) is 6.61 Å². The molecule has 0 saturated heterocycles. The van der Waals surface area contributed by atoms with Crippen LogP contribution in [0.15, 0.2) is 36.4 Å². The Bertz CT molecular complexity index is 758. The molecule has 104 valence electrons. The van der Waals surface area contributed by atoms with Gasteiger partial charge in [-0.2, -0.15) is 0 Å². The molecule has 0 saturated carbocycles. The topological polar surface area (TPSA) is 34.4 Å². The lowest BCUT2D eigenvalue weighted by atomic mass is 10.1. The fourth-order valence-electron chi connectivity index (χ4n) is 2.93. The summed E-state index contributed by atoms with van der Waals surface area (Å²) in [6, 6.07) is 12.4. The average molecular weight is 269 g/mol. The fourth-order valence-corrected chi connectivity index (χ4v) is 2.93. The average Bonchev–Trinajstić information content (AvgIpc) is 2.81. The molecule has 1 N–H and O–H groups in total. The summed E-state index contributed by atoms with van der Waals surface area (Å²) in [6.07, 6.45) is 0. The predicted octanol–water partition coefficient (Wildman–Crippen LogP) is 3.71. The largest absolute Gasteiger partial charge is 0.493 e. The molecule has 3 nitrogen and oxygen atoms in total. The number of ether oxygens (including phenoxy) is 1. The molecular formula is C17H19NO2. The molecule has 0 amide bonds. The van der Waals surface area contributed by atoms with E-state index in [4.69, 9.17) is 4.74 Å². The highest BCUT2D eigenvalue weighted by molar-refractivity contribution is 6.11. The highest BCUT2D eigenvalue weighted by atomic mass is 16.5. The van der Waals surface area contributed by atoms with E-state index in [0.717, 1.165) is 28.8 Å². The summed E-state index contributed by atoms with van der Waals surface area (Å²) >= 11 is 0. The van der Waals surface area contributed by atoms with Gasteiger partial charge in [0.05, 0.1) is 18.7 Å². The van der Waals surface area contributed by atoms with Crippen LogP contribution in [0.2, 0.25) is 0 Å². The van der Waals surface area contributed by atoms with Crippen molar-refractivity contribution in [2.24, 2.45) is 0 Å². The molecule has 0 radical (unpaired) electrons. The second kappa shape index (κ2) is 5.17. The highest BCUT2D eigenvalue weighted by Crippen LogP contribution is 2.38. The molecule has 0 fully saturated rings. The molecule has 2 aromatic carbocycles. The minimum atomic E-state index is -0.00307. The van der Waals surface area contributed by atoms with Crippen LogP contribution in [0.5, 0.6) is 5.75 Å². The number of aromatic nitrogens is 1. The quantitative estimate of drug-likeness (QED) is 0.783. The maximum atomic E-state index is 9.55. The van der Waals surface area contributed by atoms with Gasteiger partial charge in [0, 0.05) is 28.4 Å². The van der Waals surface area contributed by atoms with Crippen LogP contribution >= 0.6 is 0 Å². The Kier molecular flexibility index (Phi) is 3.36. The van der Waals surface area contributed by atoms with Crippen LogP contribution in [0, 0.1) is 0 Å². The smallest absolute Gasteiger partial charge is 0.134 e. The maximum absolute atomic E-state index is 9.55. The van der Waals surface area contributed by atoms with Crippen molar-refractivity contribution in [3.8, 4) is 5.75 Å². The van der Waals surface area contributed by atoms with E-state index in [1.807, 2.05) is 19.1 Å². The molecule has 1 aromatic heterocycles. The van der Waals surface area contributed by atoms with E-state index in [1.54, 1.807) is 0 Å². The van der Waals surface area contributed by atoms with Crippen LogP contribution in [0.1, 0.15) is 19.4 Å². The van der Waals surface area contributed by atoms with Crippen molar-refractivity contribution >= 4 is 21.8 Å². The lowest BCUT2D eigenvalue weighted by molar-refractivity contribution is 0.268. The molecule has 3 heteroatoms. The predicted molar refractivity (Wildman–Crippen MR) is 82.2 cm³/mol. The molecule has 0 spiro atoms. The van der Waals surface area contributed by atoms with E-state index in [9.17, 15) is 5.11 Å². The third kappa shape index (κ3) is 1.78. The van der Waals surface area contributed by atoms with Crippen molar-refractivity contribution in [1.82, 2.24) is 4.57 Å². The van der Waals surface area contributed by atoms with Crippen molar-refractivity contribution in [1.29, 1.82) is 0 Å². The standard InChI is InChI=1S/C17H19NO2/c1-3-18-14-8-6-5-7-13(14)16-15(18)10-9-12(11-19)17(16)20-4-2/h5-10,19H,3-4,11H2,1-2H3. The van der Waals surface area contributed by atoms with Crippen LogP contribution in [0.25, 0.3) is 21.8 Å². The molecule has 0 aliphatic heterocycles. The van der Waals surface area contributed by atoms with Crippen LogP contribution in [0.4, 0.5) is 0 Å². The van der Waals surface area contributed by atoms with Crippen LogP contribution in [-0.2, 0) is 13.2 Å². The number of para-hydroxylation sites is 1. The number of benzene rings is 2. The van der Waals surface area contributed by atoms with Gasteiger partial charge in [-0.1, -0.05) is 24.3 Å². The zero-order chi connectivity index (χ0) is 14.1. The van der Waals surface area contributed by atoms with Gasteiger partial charge in [0.25, 0.3) is 0 Å². The Hall–Kier alpha value is -2.00. The van der Waals surface area contributed by atoms with Gasteiger partial charge < -0.3 is 14.4 Å². The van der Waals surface area contributed by atoms with Crippen molar-refractivity contribution in [2.75, 3.05) is 6.61 Å². The monoisotopic (exact) mass is 269 g/mol. The first-order valence-electron chi connectivity index (χ1n) is 7.08. The zero-order valence-electron chi connectivity index (χ0n) is 11.9. The molecule has 3 rings (SSSR count). The number of fused-ring (bicyclic) bond motifs is 3. The number of hydrogen-bond acceptors (Lipinski definition) is 2. The Morgan fingerprint density at radius 2 is 1.85 bits per heavy atom. The van der Waals surface area contributed by atoms with Gasteiger partial charge >= 0.3 is 0 Å². The molecule has 20 heavy (non-hydrogen) atoms. The maximum Gasteiger partial charge on any atom is 0.134 e. The number of hydrogen-bond donors (Lipinski definition) is 1. The third-order valence-corrected chi connectivity index (χ3v) is 3.75. The lowest BCUT2D eigenvalue weighted by Gasteiger charge is -2.11. The minimum Gasteiger partial charge on any atom is -0.493 e. The van der Waals surface area contributed by atoms with Crippen molar-refractivity contribution in [3.05, 3.63) is 42.0 Å². The van der Waals surface area contributed by atoms with Crippen molar-refractivity contribution < 1.29 is 9.84 Å². The van der Waals surface area contributed by atoms with Crippen molar-refractivity contribution in [2.45, 2.75) is 27.0 Å². The van der Waals surface area contributed by atoms with Crippen LogP contribution in [-0.4, -0.2) is 16.3 Å². The van der Waals surface area contributed by atoms with Gasteiger partial charge in [-0.25, -0.2) is 0 Å². The van der Waals surface area contributed by atoms with Crippen molar-refractivity contribution in [3.63, 3.8) is 0 Å². The summed E-state index contributed by atoms with van der Waals surface area (Å²) in [5, 5.41) is 11.8. The van der Waals surface area contributed by atoms with Gasteiger partial charge in [-0.05, 0) is 26.0 Å². The van der Waals surface area contributed by atoms with E-state index >= 15 is 0 Å². The second-order valence-electron chi connectivity index (χ2n) is 4.80. The molecular weight excluding hydrogens is 250 g/mol. The first-order chi connectivity index (χ1) is 9.81. The van der Waals surface area contributed by atoms with Gasteiger partial charge in [0.15, 0.2) is 0 Å². The lowest BCUT2D eigenvalue weighted by Crippen LogP contribution is -1.98. The zero-order valence-corrected chi connectivity index (χ0v) is 11.9. The Morgan fingerprint density at radius 1 is 1.05 bits per heavy atom. The number of aliphatic hydroxyl groups is 1. The van der Waals surface area contributed by atoms with Gasteiger partial charge in [0.2, 0.25) is 0 Å². The third-order valence-electron chi connectivity index (χ3n) is 3.75. The highest BCUT2D eigenvalue weighted by Gasteiger charge is 2.16. The van der Waals surface area contributed by atoms with Crippen LogP contribution in [0.3, 0.4) is 0 Å². The molecule has 0 aliphatic carbocycles. The van der Waals surface area contributed by atoms with Gasteiger partial charge in [-0.15, -0.1) is 0 Å². The van der Waals surface area contributed by atoms with Gasteiger partial charge in [-0.3, -0.25) is 0 Å². The Labute approximate surface area is 118 Å². The molecule has 0 bridgehead atoms. The second-order valence-corrected chi connectivity index (χ2v) is 4.80. The normalized spacial score (nSPS) is 11.3. The number of rotatable bonds is 4. The summed E-state index contributed by atoms with van der Waals surface area (Å²) in [5.74, 6) is 0.816. The molecule has 1 heterocycles. The fraction of sp³-hybridized carbons (Fsp3) is 0.294. The summed E-state index contributed by atoms with van der Waals surface area (Å²) in [5.41, 5.74) is 3.22. The number of aliphatic hydroxyl groups excluding tert-OH is 1. The van der Waals surface area contributed by atoms with Crippen LogP contribution < -0.4 is 4.74 Å². The first kappa shape index (κ1) is 13.0. The minimum absolute atomic E-state index is 0.00307. The molecule has 3 aromatic rings. The number of nitrogens with zero attached hydrogens (tertiary/aromatic N) is 1. The van der Waals surface area contributed by atoms with E-state index in [0.29, 0.717) is 6.61 Å². The summed E-state index contributed by atoms with van der Waals surface area (Å²) in [7, 11) is 0. The Balaban J connectivity index is 2.49. The summed E-state index contributed by atoms with van der Waals surface area (Å²) in [6.45, 7) is 5.62. The Morgan fingerprint density at radius 3 is 2.55 bits per heavy atom.